The van der Waals surface area contributed by atoms with Crippen LogP contribution in [0, 0.1) is 0 Å². The van der Waals surface area contributed by atoms with Gasteiger partial charge >= 0.3 is 164 Å². The van der Waals surface area contributed by atoms with Crippen molar-refractivity contribution in [3.05, 3.63) is 70.8 Å². The molecule has 10 fully saturated rings. The molecule has 1 heteroatoms. The Labute approximate surface area is 163 Å². The SMILES string of the molecule is CC(C)c1ccccc1[C]12[CH]3[CH]4[CH]5[CH]1[Fe]45321678[CH]2[CH]1[CH]6[C]7(c1ccccc1C(C)C)[CH]28. The zero-order chi connectivity index (χ0) is 19.1. The molecule has 12 rings (SSSR count). The third-order valence-electron chi connectivity index (χ3n) is 18.8. The van der Waals surface area contributed by atoms with E-state index in [0.717, 1.165) is 8.63 Å². The van der Waals surface area contributed by atoms with Crippen LogP contribution in [-0.4, -0.2) is 0 Å². The monoisotopic (exact) mass is 422 g/mol. The van der Waals surface area contributed by atoms with Gasteiger partial charge in [0.1, 0.15) is 0 Å². The quantitative estimate of drug-likeness (QED) is 0.441. The summed E-state index contributed by atoms with van der Waals surface area (Å²) in [5, 5.41) is 0. The van der Waals surface area contributed by atoms with Crippen LogP contribution in [0.2, 0.25) is 38.5 Å². The van der Waals surface area contributed by atoms with E-state index in [4.69, 9.17) is 0 Å². The van der Waals surface area contributed by atoms with Gasteiger partial charge in [-0.05, 0) is 0 Å². The van der Waals surface area contributed by atoms with Gasteiger partial charge in [-0.3, -0.25) is 0 Å². The zero-order valence-corrected chi connectivity index (χ0v) is 18.9. The molecule has 0 amide bonds. The third-order valence-corrected chi connectivity index (χ3v) is 61.5. The summed E-state index contributed by atoms with van der Waals surface area (Å²) in [6, 6.07) is 19.8. The predicted molar refractivity (Wildman–Crippen MR) is 114 cm³/mol. The van der Waals surface area contributed by atoms with Crippen LogP contribution in [0.4, 0.5) is 0 Å². The molecular weight excluding hydrogens is 392 g/mol. The van der Waals surface area contributed by atoms with Crippen molar-refractivity contribution in [2.24, 2.45) is 0 Å². The van der Waals surface area contributed by atoms with E-state index < -0.39 is 6.51 Å². The average molecular weight is 422 g/mol. The molecule has 2 aromatic rings. The van der Waals surface area contributed by atoms with Crippen LogP contribution >= 0.6 is 0 Å². The summed E-state index contributed by atoms with van der Waals surface area (Å²) in [7, 11) is 0. The van der Waals surface area contributed by atoms with Crippen LogP contribution in [0.15, 0.2) is 48.5 Å². The first-order chi connectivity index (χ1) is 13.8. The predicted octanol–water partition coefficient (Wildman–Crippen LogP) is 7.84. The van der Waals surface area contributed by atoms with E-state index in [1.54, 1.807) is 11.1 Å². The summed E-state index contributed by atoms with van der Waals surface area (Å²) in [4.78, 5) is 10.4. The van der Waals surface area contributed by atoms with Gasteiger partial charge in [0.25, 0.3) is 0 Å². The Bertz CT molecular complexity index is 1540. The second-order valence-corrected chi connectivity index (χ2v) is 38.5. The molecule has 150 valence electrons. The fraction of sp³-hybridized carbons (Fsp3) is 0.571. The van der Waals surface area contributed by atoms with Crippen molar-refractivity contribution < 1.29 is 6.51 Å². The summed E-state index contributed by atoms with van der Waals surface area (Å²) in [5.41, 5.74) is 7.35. The second-order valence-electron chi connectivity index (χ2n) is 15.3. The van der Waals surface area contributed by atoms with Gasteiger partial charge in [0.15, 0.2) is 0 Å². The molecule has 0 nitrogen and oxygen atoms in total. The van der Waals surface area contributed by atoms with E-state index in [1.165, 1.54) is 38.5 Å². The van der Waals surface area contributed by atoms with Gasteiger partial charge in [0.2, 0.25) is 0 Å². The Morgan fingerprint density at radius 3 is 1.24 bits per heavy atom. The summed E-state index contributed by atoms with van der Waals surface area (Å²) in [6.07, 6.45) is 0. The van der Waals surface area contributed by atoms with Crippen LogP contribution < -0.4 is 0 Å². The maximum absolute atomic E-state index is 3.57. The van der Waals surface area contributed by atoms with Gasteiger partial charge in [-0.1, -0.05) is 0 Å². The van der Waals surface area contributed by atoms with Crippen molar-refractivity contribution in [3.63, 3.8) is 0 Å². The molecule has 10 saturated heterocycles. The van der Waals surface area contributed by atoms with Gasteiger partial charge in [-0.25, -0.2) is 0 Å². The molecule has 1 spiro atoms. The molecule has 10 heterocycles. The molecule has 8 unspecified atom stereocenters. The molecule has 10 aliphatic heterocycles. The molecule has 10 aliphatic rings. The van der Waals surface area contributed by atoms with Gasteiger partial charge in [0, 0.05) is 0 Å². The first-order valence-electron chi connectivity index (χ1n) is 12.2. The van der Waals surface area contributed by atoms with Crippen molar-refractivity contribution in [2.45, 2.75) is 86.7 Å². The molecule has 8 atom stereocenters. The number of rotatable bonds is 4. The van der Waals surface area contributed by atoms with Crippen molar-refractivity contribution in [3.8, 4) is 0 Å². The molecule has 29 heavy (non-hydrogen) atoms. The second kappa shape index (κ2) is 1.62. The van der Waals surface area contributed by atoms with Crippen molar-refractivity contribution in [1.82, 2.24) is 0 Å². The standard InChI is InChI=1S/2C14H15.Fe/c2*1-11(2)13-9-5-6-10-14(13)12-7-3-4-8-12;/h2*3-11H,1-2H3;. The van der Waals surface area contributed by atoms with Crippen LogP contribution in [0.3, 0.4) is 0 Å². The molecular formula is C28H30Fe. The average Bonchev–Trinajstić information content (AvgIpc) is 3.67. The Hall–Kier alpha value is -1.04. The van der Waals surface area contributed by atoms with Crippen molar-refractivity contribution in [1.29, 1.82) is 0 Å². The van der Waals surface area contributed by atoms with Crippen molar-refractivity contribution in [2.75, 3.05) is 0 Å². The van der Waals surface area contributed by atoms with Crippen LogP contribution in [0.25, 0.3) is 0 Å². The Kier molecular flexibility index (Phi) is 0.747. The number of hydrogen-bond donors (Lipinski definition) is 0. The van der Waals surface area contributed by atoms with Gasteiger partial charge < -0.3 is 0 Å². The van der Waals surface area contributed by atoms with E-state index in [9.17, 15) is 0 Å². The summed E-state index contributed by atoms with van der Waals surface area (Å²) < 4.78 is 1.61. The Morgan fingerprint density at radius 1 is 0.586 bits per heavy atom. The minimum absolute atomic E-state index is 0.686. The van der Waals surface area contributed by atoms with E-state index in [2.05, 4.69) is 76.2 Å². The number of benzene rings is 2. The topological polar surface area (TPSA) is 0 Å². The zero-order valence-electron chi connectivity index (χ0n) is 17.7. The van der Waals surface area contributed by atoms with E-state index >= 15 is 0 Å². The molecule has 2 aromatic carbocycles. The summed E-state index contributed by atoms with van der Waals surface area (Å²) in [6.45, 7) is 6.24. The van der Waals surface area contributed by atoms with Crippen LogP contribution in [0.5, 0.6) is 0 Å². The fourth-order valence-corrected chi connectivity index (χ4v) is 96.9. The fourth-order valence-electron chi connectivity index (χ4n) is 20.7. The first-order valence-corrected chi connectivity index (χ1v) is 18.4. The van der Waals surface area contributed by atoms with Crippen molar-refractivity contribution >= 4 is 0 Å². The third kappa shape index (κ3) is 0.236. The molecule has 0 aliphatic carbocycles. The molecule has 0 bridgehead atoms. The normalized spacial score (nSPS) is 77.6. The van der Waals surface area contributed by atoms with E-state index in [0.29, 0.717) is 11.8 Å². The Morgan fingerprint density at radius 2 is 0.931 bits per heavy atom. The Balaban J connectivity index is 1.28. The van der Waals surface area contributed by atoms with Crippen LogP contribution in [0.1, 0.15) is 61.8 Å². The minimum atomic E-state index is -3.57. The molecule has 0 saturated carbocycles. The number of fused-ring (bicyclic) bond motifs is 10. The summed E-state index contributed by atoms with van der Waals surface area (Å²) in [5.74, 6) is 1.37. The van der Waals surface area contributed by atoms with Gasteiger partial charge in [-0.15, -0.1) is 0 Å². The van der Waals surface area contributed by atoms with Crippen LogP contribution in [-0.2, 0) is 15.1 Å². The first kappa shape index (κ1) is 13.4. The molecule has 0 radical (unpaired) electrons. The van der Waals surface area contributed by atoms with E-state index in [-0.39, 0.29) is 0 Å². The summed E-state index contributed by atoms with van der Waals surface area (Å²) >= 11 is 0. The van der Waals surface area contributed by atoms with Gasteiger partial charge in [-0.2, -0.15) is 0 Å². The molecule has 0 N–H and O–H groups in total. The number of hydrogen-bond acceptors (Lipinski definition) is 0. The van der Waals surface area contributed by atoms with Gasteiger partial charge in [0.05, 0.1) is 0 Å². The molecule has 0 aromatic heterocycles. The van der Waals surface area contributed by atoms with E-state index in [1.807, 2.05) is 11.1 Å². The maximum atomic E-state index is 2.65.